The molecule has 0 unspecified atom stereocenters. The average Bonchev–Trinajstić information content (AvgIpc) is 3.56. The Labute approximate surface area is 217 Å². The highest BCUT2D eigenvalue weighted by molar-refractivity contribution is 9.10. The summed E-state index contributed by atoms with van der Waals surface area (Å²) in [6.45, 7) is 3.94. The molecule has 9 heteroatoms. The number of amides is 2. The number of fused-ring (bicyclic) bond motifs is 1. The number of nitrogens with zero attached hydrogens (tertiary/aromatic N) is 3. The highest BCUT2D eigenvalue weighted by atomic mass is 79.9. The van der Waals surface area contributed by atoms with E-state index in [1.165, 1.54) is 10.2 Å². The first kappa shape index (κ1) is 24.0. The minimum atomic E-state index is -0.749. The van der Waals surface area contributed by atoms with Gasteiger partial charge in [0.25, 0.3) is 5.91 Å². The van der Waals surface area contributed by atoms with E-state index >= 15 is 0 Å². The van der Waals surface area contributed by atoms with Gasteiger partial charge in [0.05, 0.1) is 5.69 Å². The van der Waals surface area contributed by atoms with Gasteiger partial charge in [-0.05, 0) is 73.7 Å². The third-order valence-electron chi connectivity index (χ3n) is 6.83. The lowest BCUT2D eigenvalue weighted by atomic mass is 9.92. The topological polar surface area (TPSA) is 105 Å². The molecule has 2 aromatic heterocycles. The van der Waals surface area contributed by atoms with Gasteiger partial charge < -0.3 is 10.6 Å². The molecule has 2 amide bonds. The van der Waals surface area contributed by atoms with Crippen molar-refractivity contribution in [2.75, 3.05) is 5.32 Å². The summed E-state index contributed by atoms with van der Waals surface area (Å²) in [5, 5.41) is 17.4. The number of nitrogens with one attached hydrogen (secondary N) is 3. The normalized spacial score (nSPS) is 15.4. The monoisotopic (exact) mass is 546 g/mol. The number of H-pyrrole nitrogens is 1. The molecule has 8 nitrogen and oxygen atoms in total. The number of carbonyl (C=O) groups excluding carboxylic acids is 2. The van der Waals surface area contributed by atoms with Crippen molar-refractivity contribution >= 4 is 33.4 Å². The molecule has 1 aliphatic carbocycles. The van der Waals surface area contributed by atoms with E-state index in [0.717, 1.165) is 45.4 Å². The van der Waals surface area contributed by atoms with Gasteiger partial charge in [0.1, 0.15) is 11.7 Å². The zero-order chi connectivity index (χ0) is 25.4. The Hall–Kier alpha value is -3.72. The standard InChI is InChI=1S/C27H27BrN6O2/c1-15-24(16(2)33-32-15)18-5-9-20(10-6-18)30-27(36)25(31-26(35)23-12-13-29-34(23)3)21-11-7-17-4-8-19(28)14-22(17)21/h4-6,8-10,12-14,21,25H,7,11H2,1-3H3,(H,30,36)(H,31,35)(H,32,33)/t21-,25+/m1/s1. The predicted molar refractivity (Wildman–Crippen MR) is 142 cm³/mol. The van der Waals surface area contributed by atoms with Crippen molar-refractivity contribution in [1.29, 1.82) is 0 Å². The number of rotatable bonds is 6. The molecule has 4 aromatic rings. The maximum Gasteiger partial charge on any atom is 0.270 e. The molecule has 3 N–H and O–H groups in total. The summed E-state index contributed by atoms with van der Waals surface area (Å²) < 4.78 is 2.45. The highest BCUT2D eigenvalue weighted by Crippen LogP contribution is 2.38. The molecule has 36 heavy (non-hydrogen) atoms. The van der Waals surface area contributed by atoms with Crippen molar-refractivity contribution in [3.05, 3.63) is 87.4 Å². The summed E-state index contributed by atoms with van der Waals surface area (Å²) in [7, 11) is 1.71. The van der Waals surface area contributed by atoms with E-state index in [9.17, 15) is 9.59 Å². The van der Waals surface area contributed by atoms with Crippen LogP contribution in [0.15, 0.2) is 59.2 Å². The third-order valence-corrected chi connectivity index (χ3v) is 7.32. The van der Waals surface area contributed by atoms with Crippen molar-refractivity contribution in [2.45, 2.75) is 38.6 Å². The van der Waals surface area contributed by atoms with Crippen LogP contribution in [0.5, 0.6) is 0 Å². The van der Waals surface area contributed by atoms with E-state index in [2.05, 4.69) is 47.9 Å². The molecular formula is C27H27BrN6O2. The van der Waals surface area contributed by atoms with Gasteiger partial charge in [-0.3, -0.25) is 19.4 Å². The van der Waals surface area contributed by atoms with Gasteiger partial charge in [0.15, 0.2) is 0 Å². The maximum absolute atomic E-state index is 13.6. The van der Waals surface area contributed by atoms with Crippen molar-refractivity contribution in [3.8, 4) is 11.1 Å². The molecule has 2 aromatic carbocycles. The molecule has 0 saturated heterocycles. The van der Waals surface area contributed by atoms with Crippen LogP contribution in [0.1, 0.15) is 45.3 Å². The van der Waals surface area contributed by atoms with Gasteiger partial charge in [0, 0.05) is 40.6 Å². The largest absolute Gasteiger partial charge is 0.338 e. The Balaban J connectivity index is 1.41. The number of anilines is 1. The van der Waals surface area contributed by atoms with Crippen LogP contribution < -0.4 is 10.6 Å². The molecule has 0 aliphatic heterocycles. The number of aromatic nitrogens is 4. The predicted octanol–water partition coefficient (Wildman–Crippen LogP) is 4.66. The molecule has 0 spiro atoms. The minimum Gasteiger partial charge on any atom is -0.338 e. The number of hydrogen-bond acceptors (Lipinski definition) is 4. The molecular weight excluding hydrogens is 520 g/mol. The second kappa shape index (κ2) is 9.73. The second-order valence-corrected chi connectivity index (χ2v) is 10.1. The number of aromatic amines is 1. The lowest BCUT2D eigenvalue weighted by molar-refractivity contribution is -0.118. The van der Waals surface area contributed by atoms with Crippen LogP contribution in [0.2, 0.25) is 0 Å². The molecule has 1 aliphatic rings. The number of carbonyl (C=O) groups is 2. The molecule has 2 atom stereocenters. The second-order valence-electron chi connectivity index (χ2n) is 9.16. The van der Waals surface area contributed by atoms with Gasteiger partial charge in [-0.2, -0.15) is 10.2 Å². The molecule has 0 radical (unpaired) electrons. The Kier molecular flexibility index (Phi) is 6.49. The first-order valence-electron chi connectivity index (χ1n) is 11.8. The van der Waals surface area contributed by atoms with E-state index in [4.69, 9.17) is 0 Å². The van der Waals surface area contributed by atoms with Crippen LogP contribution >= 0.6 is 15.9 Å². The fraction of sp³-hybridized carbons (Fsp3) is 0.259. The minimum absolute atomic E-state index is 0.148. The van der Waals surface area contributed by atoms with Gasteiger partial charge in [-0.15, -0.1) is 0 Å². The Morgan fingerprint density at radius 3 is 2.58 bits per heavy atom. The number of hydrogen-bond donors (Lipinski definition) is 3. The van der Waals surface area contributed by atoms with E-state index in [-0.39, 0.29) is 17.7 Å². The summed E-state index contributed by atoms with van der Waals surface area (Å²) in [5.41, 5.74) is 7.34. The fourth-order valence-corrected chi connectivity index (χ4v) is 5.41. The molecule has 5 rings (SSSR count). The third kappa shape index (κ3) is 4.58. The first-order chi connectivity index (χ1) is 17.3. The van der Waals surface area contributed by atoms with Gasteiger partial charge in [-0.1, -0.05) is 34.1 Å². The summed E-state index contributed by atoms with van der Waals surface area (Å²) in [6.07, 6.45) is 3.20. The fourth-order valence-electron chi connectivity index (χ4n) is 5.03. The van der Waals surface area contributed by atoms with Crippen LogP contribution in [-0.4, -0.2) is 37.8 Å². The molecule has 184 valence electrons. The smallest absolute Gasteiger partial charge is 0.270 e. The SMILES string of the molecule is Cc1n[nH]c(C)c1-c1ccc(NC(=O)[C@@H](NC(=O)c2ccnn2C)[C@@H]2CCc3ccc(Br)cc32)cc1. The number of aryl methyl sites for hydroxylation is 4. The molecule has 0 saturated carbocycles. The lowest BCUT2D eigenvalue weighted by Gasteiger charge is -2.25. The molecule has 0 fully saturated rings. The summed E-state index contributed by atoms with van der Waals surface area (Å²) in [4.78, 5) is 26.7. The summed E-state index contributed by atoms with van der Waals surface area (Å²) in [5.74, 6) is -0.739. The average molecular weight is 547 g/mol. The van der Waals surface area contributed by atoms with Crippen LogP contribution in [0.3, 0.4) is 0 Å². The lowest BCUT2D eigenvalue weighted by Crippen LogP contribution is -2.47. The Morgan fingerprint density at radius 2 is 1.92 bits per heavy atom. The van der Waals surface area contributed by atoms with Crippen LogP contribution in [0.25, 0.3) is 11.1 Å². The number of halogens is 1. The maximum atomic E-state index is 13.6. The molecule has 2 heterocycles. The Morgan fingerprint density at radius 1 is 1.14 bits per heavy atom. The van der Waals surface area contributed by atoms with E-state index in [1.54, 1.807) is 19.3 Å². The van der Waals surface area contributed by atoms with Gasteiger partial charge >= 0.3 is 0 Å². The van der Waals surface area contributed by atoms with Crippen LogP contribution in [-0.2, 0) is 18.3 Å². The Bertz CT molecular complexity index is 1420. The van der Waals surface area contributed by atoms with Crippen molar-refractivity contribution in [1.82, 2.24) is 25.3 Å². The van der Waals surface area contributed by atoms with Crippen LogP contribution in [0, 0.1) is 13.8 Å². The van der Waals surface area contributed by atoms with E-state index in [0.29, 0.717) is 11.4 Å². The number of benzene rings is 2. The molecule has 0 bridgehead atoms. The van der Waals surface area contributed by atoms with Gasteiger partial charge in [0.2, 0.25) is 5.91 Å². The first-order valence-corrected chi connectivity index (χ1v) is 12.6. The zero-order valence-corrected chi connectivity index (χ0v) is 21.9. The van der Waals surface area contributed by atoms with Gasteiger partial charge in [-0.25, -0.2) is 0 Å². The van der Waals surface area contributed by atoms with Crippen molar-refractivity contribution in [2.24, 2.45) is 7.05 Å². The summed E-state index contributed by atoms with van der Waals surface area (Å²) >= 11 is 3.55. The quantitative estimate of drug-likeness (QED) is 0.327. The zero-order valence-electron chi connectivity index (χ0n) is 20.3. The van der Waals surface area contributed by atoms with Crippen molar-refractivity contribution in [3.63, 3.8) is 0 Å². The van der Waals surface area contributed by atoms with E-state index in [1.807, 2.05) is 50.2 Å². The van der Waals surface area contributed by atoms with Crippen molar-refractivity contribution < 1.29 is 9.59 Å². The van der Waals surface area contributed by atoms with E-state index < -0.39 is 6.04 Å². The summed E-state index contributed by atoms with van der Waals surface area (Å²) in [6, 6.07) is 14.7. The highest BCUT2D eigenvalue weighted by Gasteiger charge is 2.36. The van der Waals surface area contributed by atoms with Crippen LogP contribution in [0.4, 0.5) is 5.69 Å².